The minimum Gasteiger partial charge on any atom is -0.478 e. The lowest BCUT2D eigenvalue weighted by Crippen LogP contribution is -2.14. The van der Waals surface area contributed by atoms with Crippen molar-refractivity contribution in [2.45, 2.75) is 13.8 Å². The van der Waals surface area contributed by atoms with Gasteiger partial charge in [-0.3, -0.25) is 9.47 Å². The van der Waals surface area contributed by atoms with E-state index >= 15 is 0 Å². The zero-order valence-corrected chi connectivity index (χ0v) is 7.37. The summed E-state index contributed by atoms with van der Waals surface area (Å²) in [5.74, 6) is 4.41. The summed E-state index contributed by atoms with van der Waals surface area (Å²) < 4.78 is 1.09. The van der Waals surface area contributed by atoms with E-state index < -0.39 is 5.97 Å². The first-order chi connectivity index (χ1) is 6.00. The van der Waals surface area contributed by atoms with Gasteiger partial charge in [-0.2, -0.15) is 0 Å². The zero-order valence-electron chi connectivity index (χ0n) is 7.37. The molecule has 3 N–H and O–H groups in total. The number of rotatable bonds is 2. The zero-order chi connectivity index (χ0) is 10.2. The Morgan fingerprint density at radius 2 is 2.08 bits per heavy atom. The van der Waals surface area contributed by atoms with Crippen LogP contribution in [0.1, 0.15) is 32.1 Å². The highest BCUT2D eigenvalue weighted by molar-refractivity contribution is 5.94. The molecular weight excluding hydrogens is 172 g/mol. The van der Waals surface area contributed by atoms with E-state index in [2.05, 4.69) is 0 Å². The average molecular weight is 182 g/mol. The van der Waals surface area contributed by atoms with Gasteiger partial charge in [-0.05, 0) is 19.4 Å². The molecule has 0 aromatic carbocycles. The lowest BCUT2D eigenvalue weighted by molar-refractivity contribution is 0.0695. The summed E-state index contributed by atoms with van der Waals surface area (Å²) in [6, 6.07) is 0. The van der Waals surface area contributed by atoms with E-state index in [-0.39, 0.29) is 11.3 Å². The number of nitrogen functional groups attached to an aromatic ring is 1. The number of aromatic nitrogens is 1. The fourth-order valence-electron chi connectivity index (χ4n) is 1.34. The predicted octanol–water partition coefficient (Wildman–Crippen LogP) is 0.329. The Morgan fingerprint density at radius 3 is 2.31 bits per heavy atom. The van der Waals surface area contributed by atoms with Crippen molar-refractivity contribution >= 4 is 12.3 Å². The van der Waals surface area contributed by atoms with E-state index in [1.54, 1.807) is 13.8 Å². The predicted molar refractivity (Wildman–Crippen MR) is 46.4 cm³/mol. The topological polar surface area (TPSA) is 85.3 Å². The molecule has 5 nitrogen and oxygen atoms in total. The van der Waals surface area contributed by atoms with Crippen LogP contribution in [0, 0.1) is 13.8 Å². The maximum atomic E-state index is 10.7. The summed E-state index contributed by atoms with van der Waals surface area (Å²) in [5, 5.41) is 8.79. The molecule has 13 heavy (non-hydrogen) atoms. The summed E-state index contributed by atoms with van der Waals surface area (Å²) in [4.78, 5) is 21.3. The summed E-state index contributed by atoms with van der Waals surface area (Å²) >= 11 is 0. The third kappa shape index (κ3) is 1.18. The average Bonchev–Trinajstić information content (AvgIpc) is 2.24. The second kappa shape index (κ2) is 2.93. The van der Waals surface area contributed by atoms with Crippen LogP contribution in [0.4, 0.5) is 0 Å². The number of carbonyl (C=O) groups excluding carboxylic acids is 1. The van der Waals surface area contributed by atoms with Crippen molar-refractivity contribution in [2.24, 2.45) is 0 Å². The van der Waals surface area contributed by atoms with Crippen LogP contribution in [0.15, 0.2) is 0 Å². The van der Waals surface area contributed by atoms with Crippen LogP contribution >= 0.6 is 0 Å². The van der Waals surface area contributed by atoms with Gasteiger partial charge in [0.25, 0.3) is 0 Å². The molecule has 1 aromatic rings. The Kier molecular flexibility index (Phi) is 2.10. The summed E-state index contributed by atoms with van der Waals surface area (Å²) in [6.07, 6.45) is 0.550. The van der Waals surface area contributed by atoms with Crippen molar-refractivity contribution < 1.29 is 14.7 Å². The Bertz CT molecular complexity index is 379. The molecule has 0 saturated heterocycles. The van der Waals surface area contributed by atoms with Crippen molar-refractivity contribution in [1.29, 1.82) is 0 Å². The number of carboxylic acids is 1. The van der Waals surface area contributed by atoms with Gasteiger partial charge in [-0.15, -0.1) is 0 Å². The number of hydrogen-bond acceptors (Lipinski definition) is 3. The van der Waals surface area contributed by atoms with E-state index in [1.165, 1.54) is 0 Å². The number of carboxylic acid groups (broad SMARTS) is 1. The molecule has 0 aliphatic carbocycles. The second-order valence-corrected chi connectivity index (χ2v) is 2.76. The molecule has 70 valence electrons. The fourth-order valence-corrected chi connectivity index (χ4v) is 1.34. The first-order valence-electron chi connectivity index (χ1n) is 3.66. The standard InChI is InChI=1S/C8H10N2O3/c1-4-6(3-11)10(9)5(2)7(4)8(12)13/h3H,9H2,1-2H3,(H,12,13). The van der Waals surface area contributed by atoms with E-state index in [0.29, 0.717) is 17.5 Å². The SMILES string of the molecule is Cc1c(C(=O)O)c(C)n(N)c1C=O. The third-order valence-electron chi connectivity index (χ3n) is 2.07. The van der Waals surface area contributed by atoms with Crippen molar-refractivity contribution in [3.8, 4) is 0 Å². The number of nitrogens with zero attached hydrogens (tertiary/aromatic N) is 1. The van der Waals surface area contributed by atoms with Crippen LogP contribution in [0.2, 0.25) is 0 Å². The third-order valence-corrected chi connectivity index (χ3v) is 2.07. The maximum Gasteiger partial charge on any atom is 0.337 e. The van der Waals surface area contributed by atoms with Gasteiger partial charge in [0.15, 0.2) is 6.29 Å². The number of aldehydes is 1. The van der Waals surface area contributed by atoms with E-state index in [1.807, 2.05) is 0 Å². The van der Waals surface area contributed by atoms with Crippen LogP contribution in [-0.4, -0.2) is 22.0 Å². The Balaban J connectivity index is 3.54. The molecule has 1 aromatic heterocycles. The molecule has 0 aliphatic heterocycles. The molecular formula is C8H10N2O3. The minimum atomic E-state index is -1.07. The molecule has 0 radical (unpaired) electrons. The number of hydrogen-bond donors (Lipinski definition) is 2. The highest BCUT2D eigenvalue weighted by Gasteiger charge is 2.20. The lowest BCUT2D eigenvalue weighted by Gasteiger charge is -1.97. The van der Waals surface area contributed by atoms with E-state index in [4.69, 9.17) is 10.9 Å². The van der Waals surface area contributed by atoms with Gasteiger partial charge in [0.05, 0.1) is 11.3 Å². The smallest absolute Gasteiger partial charge is 0.337 e. The van der Waals surface area contributed by atoms with Crippen molar-refractivity contribution in [3.63, 3.8) is 0 Å². The molecule has 0 saturated carbocycles. The first kappa shape index (κ1) is 9.31. The molecule has 0 amide bonds. The monoisotopic (exact) mass is 182 g/mol. The molecule has 1 heterocycles. The van der Waals surface area contributed by atoms with Crippen LogP contribution in [0.5, 0.6) is 0 Å². The van der Waals surface area contributed by atoms with Gasteiger partial charge in [-0.25, -0.2) is 4.79 Å². The van der Waals surface area contributed by atoms with Crippen LogP contribution in [-0.2, 0) is 0 Å². The van der Waals surface area contributed by atoms with Crippen molar-refractivity contribution in [2.75, 3.05) is 5.84 Å². The molecule has 0 unspecified atom stereocenters. The first-order valence-corrected chi connectivity index (χ1v) is 3.66. The van der Waals surface area contributed by atoms with Crippen LogP contribution in [0.25, 0.3) is 0 Å². The Morgan fingerprint density at radius 1 is 1.54 bits per heavy atom. The molecule has 0 spiro atoms. The van der Waals surface area contributed by atoms with E-state index in [0.717, 1.165) is 4.68 Å². The van der Waals surface area contributed by atoms with Gasteiger partial charge in [0.1, 0.15) is 5.69 Å². The maximum absolute atomic E-state index is 10.7. The van der Waals surface area contributed by atoms with Crippen LogP contribution < -0.4 is 5.84 Å². The van der Waals surface area contributed by atoms with E-state index in [9.17, 15) is 9.59 Å². The number of aromatic carboxylic acids is 1. The molecule has 0 atom stereocenters. The Hall–Kier alpha value is -1.78. The molecule has 1 rings (SSSR count). The minimum absolute atomic E-state index is 0.101. The highest BCUT2D eigenvalue weighted by Crippen LogP contribution is 2.18. The summed E-state index contributed by atoms with van der Waals surface area (Å²) in [6.45, 7) is 3.12. The molecule has 5 heteroatoms. The molecule has 0 fully saturated rings. The fraction of sp³-hybridized carbons (Fsp3) is 0.250. The lowest BCUT2D eigenvalue weighted by atomic mass is 10.1. The quantitative estimate of drug-likeness (QED) is 0.509. The summed E-state index contributed by atoms with van der Waals surface area (Å²) in [7, 11) is 0. The normalized spacial score (nSPS) is 10.0. The van der Waals surface area contributed by atoms with Crippen molar-refractivity contribution in [1.82, 2.24) is 4.68 Å². The largest absolute Gasteiger partial charge is 0.478 e. The van der Waals surface area contributed by atoms with Gasteiger partial charge >= 0.3 is 5.97 Å². The van der Waals surface area contributed by atoms with Gasteiger partial charge in [0, 0.05) is 0 Å². The van der Waals surface area contributed by atoms with Gasteiger partial charge in [0.2, 0.25) is 0 Å². The Labute approximate surface area is 74.7 Å². The van der Waals surface area contributed by atoms with Gasteiger partial charge < -0.3 is 10.9 Å². The molecule has 0 bridgehead atoms. The second-order valence-electron chi connectivity index (χ2n) is 2.76. The summed E-state index contributed by atoms with van der Waals surface area (Å²) in [5.41, 5.74) is 1.09. The molecule has 0 aliphatic rings. The van der Waals surface area contributed by atoms with Crippen molar-refractivity contribution in [3.05, 3.63) is 22.5 Å². The van der Waals surface area contributed by atoms with Gasteiger partial charge in [-0.1, -0.05) is 0 Å². The number of nitrogens with two attached hydrogens (primary N) is 1. The number of carbonyl (C=O) groups is 2. The van der Waals surface area contributed by atoms with Crippen LogP contribution in [0.3, 0.4) is 0 Å². The highest BCUT2D eigenvalue weighted by atomic mass is 16.4.